The van der Waals surface area contributed by atoms with Crippen LogP contribution in [-0.2, 0) is 0 Å². The lowest BCUT2D eigenvalue weighted by Gasteiger charge is -2.12. The largest absolute Gasteiger partial charge is 0.338 e. The van der Waals surface area contributed by atoms with Gasteiger partial charge in [-0.1, -0.05) is 29.3 Å². The monoisotopic (exact) mass is 380 g/mol. The van der Waals surface area contributed by atoms with E-state index in [-0.39, 0.29) is 11.6 Å². The molecule has 1 heterocycles. The van der Waals surface area contributed by atoms with Crippen LogP contribution in [0, 0.1) is 18.6 Å². The third kappa shape index (κ3) is 4.15. The molecule has 0 radical (unpaired) electrons. The molecule has 0 fully saturated rings. The number of para-hydroxylation sites is 1. The van der Waals surface area contributed by atoms with Gasteiger partial charge in [-0.25, -0.2) is 13.8 Å². The number of halogens is 4. The van der Waals surface area contributed by atoms with Crippen molar-refractivity contribution in [1.29, 1.82) is 0 Å². The zero-order valence-electron chi connectivity index (χ0n) is 12.9. The minimum Gasteiger partial charge on any atom is -0.338 e. The van der Waals surface area contributed by atoms with Gasteiger partial charge in [0.05, 0.1) is 21.4 Å². The number of rotatable bonds is 4. The van der Waals surface area contributed by atoms with E-state index in [0.29, 0.717) is 27.2 Å². The number of anilines is 4. The van der Waals surface area contributed by atoms with E-state index in [1.54, 1.807) is 31.2 Å². The minimum atomic E-state index is -0.722. The molecule has 1 aromatic heterocycles. The Morgan fingerprint density at radius 3 is 2.32 bits per heavy atom. The van der Waals surface area contributed by atoms with Crippen LogP contribution < -0.4 is 10.6 Å². The zero-order valence-corrected chi connectivity index (χ0v) is 14.5. The Kier molecular flexibility index (Phi) is 5.01. The predicted octanol–water partition coefficient (Wildman–Crippen LogP) is 5.86. The molecule has 2 aromatic carbocycles. The molecule has 0 saturated carbocycles. The molecule has 3 aromatic rings. The fourth-order valence-corrected chi connectivity index (χ4v) is 2.64. The number of nitrogens with one attached hydrogen (secondary N) is 2. The fourth-order valence-electron chi connectivity index (χ4n) is 2.15. The molecule has 0 aliphatic carbocycles. The maximum absolute atomic E-state index is 13.8. The number of hydrogen-bond acceptors (Lipinski definition) is 4. The molecule has 8 heteroatoms. The average Bonchev–Trinajstić information content (AvgIpc) is 2.53. The van der Waals surface area contributed by atoms with Crippen LogP contribution in [0.25, 0.3) is 0 Å². The van der Waals surface area contributed by atoms with Crippen molar-refractivity contribution in [3.8, 4) is 0 Å². The Labute approximate surface area is 152 Å². The van der Waals surface area contributed by atoms with Crippen LogP contribution in [0.3, 0.4) is 0 Å². The molecular formula is C17H12Cl2F2N4. The average molecular weight is 381 g/mol. The van der Waals surface area contributed by atoms with Crippen LogP contribution in [0.15, 0.2) is 42.5 Å². The molecule has 0 spiro atoms. The van der Waals surface area contributed by atoms with E-state index in [2.05, 4.69) is 20.6 Å². The third-order valence-electron chi connectivity index (χ3n) is 3.25. The van der Waals surface area contributed by atoms with Gasteiger partial charge in [0.1, 0.15) is 17.5 Å². The molecule has 128 valence electrons. The van der Waals surface area contributed by atoms with Gasteiger partial charge < -0.3 is 10.6 Å². The highest BCUT2D eigenvalue weighted by molar-refractivity contribution is 6.39. The van der Waals surface area contributed by atoms with Crippen LogP contribution in [0.1, 0.15) is 5.69 Å². The first-order valence-corrected chi connectivity index (χ1v) is 7.97. The first-order chi connectivity index (χ1) is 11.9. The minimum absolute atomic E-state index is 0.0984. The molecule has 0 aliphatic rings. The van der Waals surface area contributed by atoms with Crippen LogP contribution in [0.2, 0.25) is 10.0 Å². The van der Waals surface area contributed by atoms with Crippen molar-refractivity contribution in [2.45, 2.75) is 6.92 Å². The SMILES string of the molecule is Cc1cc(Nc2ccc(F)cc2F)nc(Nc2c(Cl)cccc2Cl)n1. The van der Waals surface area contributed by atoms with Crippen LogP contribution in [0.4, 0.5) is 31.9 Å². The predicted molar refractivity (Wildman–Crippen MR) is 96.2 cm³/mol. The van der Waals surface area contributed by atoms with Crippen LogP contribution >= 0.6 is 23.2 Å². The maximum Gasteiger partial charge on any atom is 0.229 e. The Hall–Kier alpha value is -2.44. The topological polar surface area (TPSA) is 49.8 Å². The standard InChI is InChI=1S/C17H12Cl2F2N4/c1-9-7-15(23-14-6-5-10(20)8-13(14)21)24-17(22-9)25-16-11(18)3-2-4-12(16)19/h2-8H,1H3,(H2,22,23,24,25). The Morgan fingerprint density at radius 1 is 0.920 bits per heavy atom. The molecule has 0 amide bonds. The maximum atomic E-state index is 13.8. The van der Waals surface area contributed by atoms with Crippen molar-refractivity contribution in [3.05, 3.63) is 69.8 Å². The molecule has 3 rings (SSSR count). The highest BCUT2D eigenvalue weighted by Crippen LogP contribution is 2.32. The van der Waals surface area contributed by atoms with E-state index >= 15 is 0 Å². The Balaban J connectivity index is 1.90. The molecule has 2 N–H and O–H groups in total. The number of aromatic nitrogens is 2. The lowest BCUT2D eigenvalue weighted by atomic mass is 10.3. The summed E-state index contributed by atoms with van der Waals surface area (Å²) in [5, 5.41) is 6.58. The second-order valence-corrected chi connectivity index (χ2v) is 6.00. The molecule has 0 bridgehead atoms. The summed E-state index contributed by atoms with van der Waals surface area (Å²) >= 11 is 12.2. The van der Waals surface area contributed by atoms with Gasteiger partial charge in [0, 0.05) is 17.8 Å². The van der Waals surface area contributed by atoms with E-state index in [9.17, 15) is 8.78 Å². The van der Waals surface area contributed by atoms with E-state index in [0.717, 1.165) is 12.1 Å². The summed E-state index contributed by atoms with van der Waals surface area (Å²) in [4.78, 5) is 8.52. The quantitative estimate of drug-likeness (QED) is 0.595. The van der Waals surface area contributed by atoms with E-state index < -0.39 is 11.6 Å². The van der Waals surface area contributed by atoms with Crippen molar-refractivity contribution in [2.75, 3.05) is 10.6 Å². The van der Waals surface area contributed by atoms with Crippen LogP contribution in [-0.4, -0.2) is 9.97 Å². The van der Waals surface area contributed by atoms with Crippen LogP contribution in [0.5, 0.6) is 0 Å². The number of nitrogens with zero attached hydrogens (tertiary/aromatic N) is 2. The zero-order chi connectivity index (χ0) is 18.0. The van der Waals surface area contributed by atoms with E-state index in [4.69, 9.17) is 23.2 Å². The molecule has 25 heavy (non-hydrogen) atoms. The summed E-state index contributed by atoms with van der Waals surface area (Å²) in [7, 11) is 0. The van der Waals surface area contributed by atoms with Gasteiger partial charge in [0.15, 0.2) is 0 Å². The summed E-state index contributed by atoms with van der Waals surface area (Å²) in [5.74, 6) is -0.804. The first-order valence-electron chi connectivity index (χ1n) is 7.21. The lowest BCUT2D eigenvalue weighted by Crippen LogP contribution is -2.04. The normalized spacial score (nSPS) is 10.6. The summed E-state index contributed by atoms with van der Waals surface area (Å²) in [5.41, 5.74) is 1.20. The lowest BCUT2D eigenvalue weighted by molar-refractivity contribution is 0.586. The number of hydrogen-bond donors (Lipinski definition) is 2. The molecule has 4 nitrogen and oxygen atoms in total. The highest BCUT2D eigenvalue weighted by atomic mass is 35.5. The smallest absolute Gasteiger partial charge is 0.229 e. The summed E-state index contributed by atoms with van der Waals surface area (Å²) in [6.07, 6.45) is 0. The van der Waals surface area contributed by atoms with Gasteiger partial charge in [-0.2, -0.15) is 4.98 Å². The second-order valence-electron chi connectivity index (χ2n) is 5.19. The van der Waals surface area contributed by atoms with Gasteiger partial charge in [0.25, 0.3) is 0 Å². The van der Waals surface area contributed by atoms with E-state index in [1.165, 1.54) is 6.07 Å². The van der Waals surface area contributed by atoms with Crippen molar-refractivity contribution < 1.29 is 8.78 Å². The van der Waals surface area contributed by atoms with Crippen molar-refractivity contribution >= 4 is 46.3 Å². The van der Waals surface area contributed by atoms with Gasteiger partial charge in [-0.3, -0.25) is 0 Å². The molecule has 0 saturated heterocycles. The number of benzene rings is 2. The summed E-state index contributed by atoms with van der Waals surface area (Å²) in [6, 6.07) is 9.94. The molecular weight excluding hydrogens is 369 g/mol. The van der Waals surface area contributed by atoms with Gasteiger partial charge in [0.2, 0.25) is 5.95 Å². The van der Waals surface area contributed by atoms with Crippen molar-refractivity contribution in [1.82, 2.24) is 9.97 Å². The van der Waals surface area contributed by atoms with Gasteiger partial charge in [-0.05, 0) is 31.2 Å². The third-order valence-corrected chi connectivity index (χ3v) is 3.88. The van der Waals surface area contributed by atoms with Gasteiger partial charge in [-0.15, -0.1) is 0 Å². The van der Waals surface area contributed by atoms with Crippen molar-refractivity contribution in [2.24, 2.45) is 0 Å². The van der Waals surface area contributed by atoms with Gasteiger partial charge >= 0.3 is 0 Å². The Bertz CT molecular complexity index is 914. The molecule has 0 atom stereocenters. The second kappa shape index (κ2) is 7.21. The highest BCUT2D eigenvalue weighted by Gasteiger charge is 2.10. The van der Waals surface area contributed by atoms with E-state index in [1.807, 2.05) is 0 Å². The summed E-state index contributed by atoms with van der Waals surface area (Å²) < 4.78 is 26.8. The van der Waals surface area contributed by atoms with Crippen molar-refractivity contribution in [3.63, 3.8) is 0 Å². The summed E-state index contributed by atoms with van der Waals surface area (Å²) in [6.45, 7) is 1.76. The fraction of sp³-hybridized carbons (Fsp3) is 0.0588. The first kappa shape index (κ1) is 17.4. The molecule has 0 unspecified atom stereocenters. The number of aryl methyl sites for hydroxylation is 1. The Morgan fingerprint density at radius 2 is 1.64 bits per heavy atom. The molecule has 0 aliphatic heterocycles.